The van der Waals surface area contributed by atoms with Crippen LogP contribution in [0.3, 0.4) is 0 Å². The standard InChI is InChI=1S/C26H22Cl2F2N4O/c27-11-13-34(14-12-28)19-8-6-18(7-9-19)31-26(35)33-25-16-24(17-5-10-21(29)22(30)15-17)32-23-4-2-1-3-20(23)25/h1-10,15-16H,11-14H2,(H2,31,32,33,35). The highest BCUT2D eigenvalue weighted by molar-refractivity contribution is 6.18. The fourth-order valence-corrected chi connectivity index (χ4v) is 4.10. The lowest BCUT2D eigenvalue weighted by Crippen LogP contribution is -2.27. The van der Waals surface area contributed by atoms with Gasteiger partial charge in [0.15, 0.2) is 11.6 Å². The number of fused-ring (bicyclic) bond motifs is 1. The first-order chi connectivity index (χ1) is 17.0. The molecule has 1 heterocycles. The molecule has 0 unspecified atom stereocenters. The van der Waals surface area contributed by atoms with E-state index in [9.17, 15) is 13.6 Å². The Kier molecular flexibility index (Phi) is 8.00. The number of nitrogens with zero attached hydrogens (tertiary/aromatic N) is 2. The van der Waals surface area contributed by atoms with Gasteiger partial charge in [-0.3, -0.25) is 0 Å². The zero-order chi connectivity index (χ0) is 24.8. The number of halogens is 4. The molecule has 4 rings (SSSR count). The number of hydrogen-bond donors (Lipinski definition) is 2. The third kappa shape index (κ3) is 5.99. The van der Waals surface area contributed by atoms with Crippen LogP contribution >= 0.6 is 23.2 Å². The summed E-state index contributed by atoms with van der Waals surface area (Å²) in [6.45, 7) is 1.33. The highest BCUT2D eigenvalue weighted by Crippen LogP contribution is 2.29. The highest BCUT2D eigenvalue weighted by Gasteiger charge is 2.13. The molecule has 2 amide bonds. The van der Waals surface area contributed by atoms with Gasteiger partial charge in [-0.15, -0.1) is 23.2 Å². The second-order valence-electron chi connectivity index (χ2n) is 7.69. The summed E-state index contributed by atoms with van der Waals surface area (Å²) in [6, 6.07) is 19.4. The predicted octanol–water partition coefficient (Wildman–Crippen LogP) is 7.11. The summed E-state index contributed by atoms with van der Waals surface area (Å²) < 4.78 is 27.2. The molecule has 2 N–H and O–H groups in total. The lowest BCUT2D eigenvalue weighted by molar-refractivity contribution is 0.262. The van der Waals surface area contributed by atoms with Crippen LogP contribution in [0, 0.1) is 11.6 Å². The molecule has 0 spiro atoms. The molecule has 180 valence electrons. The number of amides is 2. The lowest BCUT2D eigenvalue weighted by atomic mass is 10.1. The average molecular weight is 515 g/mol. The number of carbonyl (C=O) groups excluding carboxylic acids is 1. The molecule has 0 aliphatic carbocycles. The molecule has 0 bridgehead atoms. The van der Waals surface area contributed by atoms with Gasteiger partial charge < -0.3 is 15.5 Å². The molecule has 5 nitrogen and oxygen atoms in total. The van der Waals surface area contributed by atoms with Gasteiger partial charge >= 0.3 is 6.03 Å². The zero-order valence-corrected chi connectivity index (χ0v) is 20.1. The van der Waals surface area contributed by atoms with E-state index >= 15 is 0 Å². The summed E-state index contributed by atoms with van der Waals surface area (Å²) >= 11 is 11.8. The van der Waals surface area contributed by atoms with Crippen molar-refractivity contribution in [3.8, 4) is 11.3 Å². The number of anilines is 3. The highest BCUT2D eigenvalue weighted by atomic mass is 35.5. The Morgan fingerprint density at radius 3 is 2.26 bits per heavy atom. The number of aromatic nitrogens is 1. The molecule has 35 heavy (non-hydrogen) atoms. The van der Waals surface area contributed by atoms with Crippen molar-refractivity contribution in [3.05, 3.63) is 84.4 Å². The number of hydrogen-bond acceptors (Lipinski definition) is 3. The molecule has 0 aliphatic heterocycles. The van der Waals surface area contributed by atoms with Crippen LogP contribution < -0.4 is 15.5 Å². The van der Waals surface area contributed by atoms with Crippen molar-refractivity contribution in [1.82, 2.24) is 4.98 Å². The van der Waals surface area contributed by atoms with Gasteiger partial charge in [0, 0.05) is 47.2 Å². The van der Waals surface area contributed by atoms with Crippen LogP contribution in [-0.2, 0) is 0 Å². The van der Waals surface area contributed by atoms with E-state index in [4.69, 9.17) is 23.2 Å². The van der Waals surface area contributed by atoms with Crippen molar-refractivity contribution < 1.29 is 13.6 Å². The van der Waals surface area contributed by atoms with Crippen molar-refractivity contribution in [1.29, 1.82) is 0 Å². The maximum atomic E-state index is 13.8. The lowest BCUT2D eigenvalue weighted by Gasteiger charge is -2.23. The summed E-state index contributed by atoms with van der Waals surface area (Å²) in [5.41, 5.74) is 3.44. The van der Waals surface area contributed by atoms with Crippen LogP contribution in [0.2, 0.25) is 0 Å². The van der Waals surface area contributed by atoms with Gasteiger partial charge in [0.2, 0.25) is 0 Å². The Balaban J connectivity index is 1.56. The van der Waals surface area contributed by atoms with Crippen LogP contribution in [0.15, 0.2) is 72.8 Å². The summed E-state index contributed by atoms with van der Waals surface area (Å²) in [6.07, 6.45) is 0. The molecule has 3 aromatic carbocycles. The van der Waals surface area contributed by atoms with Crippen molar-refractivity contribution in [2.45, 2.75) is 0 Å². The van der Waals surface area contributed by atoms with Gasteiger partial charge in [-0.25, -0.2) is 18.6 Å². The summed E-state index contributed by atoms with van der Waals surface area (Å²) in [7, 11) is 0. The topological polar surface area (TPSA) is 57.3 Å². The molecule has 9 heteroatoms. The number of carbonyl (C=O) groups is 1. The van der Waals surface area contributed by atoms with Crippen LogP contribution in [0.25, 0.3) is 22.2 Å². The first-order valence-corrected chi connectivity index (χ1v) is 12.0. The molecule has 1 aromatic heterocycles. The van der Waals surface area contributed by atoms with Crippen LogP contribution in [0.5, 0.6) is 0 Å². The van der Waals surface area contributed by atoms with Crippen molar-refractivity contribution >= 4 is 57.2 Å². The maximum absolute atomic E-state index is 13.8. The number of benzene rings is 3. The monoisotopic (exact) mass is 514 g/mol. The third-order valence-corrected chi connectivity index (χ3v) is 5.72. The van der Waals surface area contributed by atoms with Crippen molar-refractivity contribution in [2.24, 2.45) is 0 Å². The van der Waals surface area contributed by atoms with E-state index in [0.29, 0.717) is 58.4 Å². The fraction of sp³-hybridized carbons (Fsp3) is 0.154. The molecule has 0 fully saturated rings. The largest absolute Gasteiger partial charge is 0.369 e. The molecular formula is C26H22Cl2F2N4O. The van der Waals surface area contributed by atoms with Gasteiger partial charge in [0.1, 0.15) is 0 Å². The van der Waals surface area contributed by atoms with E-state index < -0.39 is 17.7 Å². The third-order valence-electron chi connectivity index (χ3n) is 5.38. The Bertz CT molecular complexity index is 1330. The molecule has 0 atom stereocenters. The van der Waals surface area contributed by atoms with Crippen LogP contribution in [-0.4, -0.2) is 35.9 Å². The van der Waals surface area contributed by atoms with E-state index in [-0.39, 0.29) is 0 Å². The number of pyridine rings is 1. The van der Waals surface area contributed by atoms with Crippen LogP contribution in [0.1, 0.15) is 0 Å². The fourth-order valence-electron chi connectivity index (χ4n) is 3.70. The smallest absolute Gasteiger partial charge is 0.323 e. The number of alkyl halides is 2. The zero-order valence-electron chi connectivity index (χ0n) is 18.6. The Labute approximate surface area is 211 Å². The first kappa shape index (κ1) is 24.7. The van der Waals surface area contributed by atoms with E-state index in [0.717, 1.165) is 17.8 Å². The first-order valence-electron chi connectivity index (χ1n) is 10.9. The van der Waals surface area contributed by atoms with E-state index in [2.05, 4.69) is 20.5 Å². The number of urea groups is 1. The molecule has 0 saturated carbocycles. The molecule has 4 aromatic rings. The Hall–Kier alpha value is -3.42. The Morgan fingerprint density at radius 2 is 1.57 bits per heavy atom. The van der Waals surface area contributed by atoms with Crippen molar-refractivity contribution in [2.75, 3.05) is 40.4 Å². The quantitative estimate of drug-likeness (QED) is 0.246. The van der Waals surface area contributed by atoms with E-state index in [1.807, 2.05) is 30.3 Å². The van der Waals surface area contributed by atoms with Crippen LogP contribution in [0.4, 0.5) is 30.6 Å². The predicted molar refractivity (Wildman–Crippen MR) is 140 cm³/mol. The Morgan fingerprint density at radius 1 is 0.857 bits per heavy atom. The molecular weight excluding hydrogens is 493 g/mol. The van der Waals surface area contributed by atoms with Gasteiger partial charge in [0.05, 0.1) is 16.9 Å². The summed E-state index contributed by atoms with van der Waals surface area (Å²) in [5, 5.41) is 6.37. The minimum Gasteiger partial charge on any atom is -0.369 e. The second-order valence-corrected chi connectivity index (χ2v) is 8.45. The minimum absolute atomic E-state index is 0.396. The molecule has 0 saturated heterocycles. The number of para-hydroxylation sites is 1. The normalized spacial score (nSPS) is 10.9. The van der Waals surface area contributed by atoms with Gasteiger partial charge in [0.25, 0.3) is 0 Å². The summed E-state index contributed by atoms with van der Waals surface area (Å²) in [5.74, 6) is -0.951. The second kappa shape index (κ2) is 11.3. The van der Waals surface area contributed by atoms with Gasteiger partial charge in [-0.1, -0.05) is 18.2 Å². The maximum Gasteiger partial charge on any atom is 0.323 e. The molecule has 0 radical (unpaired) electrons. The van der Waals surface area contributed by atoms with Crippen molar-refractivity contribution in [3.63, 3.8) is 0 Å². The van der Waals surface area contributed by atoms with Gasteiger partial charge in [-0.2, -0.15) is 0 Å². The van der Waals surface area contributed by atoms with Gasteiger partial charge in [-0.05, 0) is 54.6 Å². The SMILES string of the molecule is O=C(Nc1ccc(N(CCCl)CCCl)cc1)Nc1cc(-c2ccc(F)c(F)c2)nc2ccccc12. The van der Waals surface area contributed by atoms with E-state index in [1.165, 1.54) is 6.07 Å². The number of rotatable bonds is 8. The minimum atomic E-state index is -0.969. The average Bonchev–Trinajstić information content (AvgIpc) is 2.86. The molecule has 0 aliphatic rings. The number of nitrogens with one attached hydrogen (secondary N) is 2. The van der Waals surface area contributed by atoms with E-state index in [1.54, 1.807) is 24.3 Å². The summed E-state index contributed by atoms with van der Waals surface area (Å²) in [4.78, 5) is 19.4.